The van der Waals surface area contributed by atoms with Crippen molar-refractivity contribution in [3.8, 4) is 0 Å². The summed E-state index contributed by atoms with van der Waals surface area (Å²) < 4.78 is 3.52. The minimum Gasteiger partial charge on any atom is -0.329 e. The number of aryl methyl sites for hydroxylation is 1. The van der Waals surface area contributed by atoms with Gasteiger partial charge in [0.05, 0.1) is 17.9 Å². The van der Waals surface area contributed by atoms with Crippen LogP contribution >= 0.6 is 0 Å². The van der Waals surface area contributed by atoms with Crippen molar-refractivity contribution in [2.75, 3.05) is 5.32 Å². The van der Waals surface area contributed by atoms with E-state index < -0.39 is 0 Å². The molecule has 0 radical (unpaired) electrons. The highest BCUT2D eigenvalue weighted by Gasteiger charge is 2.17. The molecule has 0 saturated carbocycles. The Labute approximate surface area is 139 Å². The number of urea groups is 1. The average Bonchev–Trinajstić information content (AvgIpc) is 3.19. The summed E-state index contributed by atoms with van der Waals surface area (Å²) in [6.45, 7) is 4.80. The van der Waals surface area contributed by atoms with E-state index in [1.165, 1.54) is 0 Å². The standard InChI is InChI=1S/C15H20N8O/c1-3-7-23-10-13(20-21-23)19-15(24)18-11(4-2)12-9-22-8-5-6-16-14(22)17-12/h5-6,8-11H,3-4,7H2,1-2H3,(H2,18,19,24). The number of nitrogens with one attached hydrogen (secondary N) is 2. The Bertz CT molecular complexity index is 791. The van der Waals surface area contributed by atoms with Gasteiger partial charge in [-0.3, -0.25) is 14.4 Å². The van der Waals surface area contributed by atoms with Gasteiger partial charge in [-0.05, 0) is 18.9 Å². The average molecular weight is 328 g/mol. The second-order valence-electron chi connectivity index (χ2n) is 5.42. The maximum absolute atomic E-state index is 12.2. The lowest BCUT2D eigenvalue weighted by atomic mass is 10.2. The molecule has 0 aliphatic heterocycles. The fraction of sp³-hybridized carbons (Fsp3) is 0.400. The van der Waals surface area contributed by atoms with Crippen LogP contribution in [0, 0.1) is 0 Å². The van der Waals surface area contributed by atoms with E-state index in [1.807, 2.05) is 29.8 Å². The fourth-order valence-electron chi connectivity index (χ4n) is 2.41. The molecular formula is C15H20N8O. The first-order valence-electron chi connectivity index (χ1n) is 7.97. The minimum absolute atomic E-state index is 0.211. The molecule has 2 N–H and O–H groups in total. The van der Waals surface area contributed by atoms with Gasteiger partial charge in [0, 0.05) is 25.1 Å². The Hall–Kier alpha value is -2.97. The SMILES string of the molecule is CCCn1cc(NC(=O)NC(CC)c2cn3cccnc3n2)nn1. The molecule has 0 fully saturated rings. The molecule has 0 bridgehead atoms. The number of hydrogen-bond acceptors (Lipinski definition) is 5. The van der Waals surface area contributed by atoms with Gasteiger partial charge in [0.15, 0.2) is 5.82 Å². The van der Waals surface area contributed by atoms with Gasteiger partial charge in [-0.15, -0.1) is 5.10 Å². The van der Waals surface area contributed by atoms with Crippen LogP contribution in [0.4, 0.5) is 10.6 Å². The maximum atomic E-state index is 12.2. The summed E-state index contributed by atoms with van der Waals surface area (Å²) in [6.07, 6.45) is 8.80. The van der Waals surface area contributed by atoms with Gasteiger partial charge in [0.25, 0.3) is 0 Å². The van der Waals surface area contributed by atoms with Crippen molar-refractivity contribution < 1.29 is 4.79 Å². The molecule has 3 aromatic heterocycles. The summed E-state index contributed by atoms with van der Waals surface area (Å²) in [5, 5.41) is 13.5. The van der Waals surface area contributed by atoms with Crippen molar-refractivity contribution in [3.63, 3.8) is 0 Å². The molecule has 1 unspecified atom stereocenters. The van der Waals surface area contributed by atoms with Gasteiger partial charge in [0.1, 0.15) is 0 Å². The van der Waals surface area contributed by atoms with Gasteiger partial charge in [-0.1, -0.05) is 19.1 Å². The van der Waals surface area contributed by atoms with E-state index in [0.29, 0.717) is 18.0 Å². The number of nitrogens with zero attached hydrogens (tertiary/aromatic N) is 6. The Morgan fingerprint density at radius 1 is 1.33 bits per heavy atom. The highest BCUT2D eigenvalue weighted by molar-refractivity contribution is 5.88. The smallest absolute Gasteiger partial charge is 0.321 e. The van der Waals surface area contributed by atoms with E-state index in [9.17, 15) is 4.79 Å². The van der Waals surface area contributed by atoms with Crippen LogP contribution in [0.1, 0.15) is 38.4 Å². The van der Waals surface area contributed by atoms with E-state index >= 15 is 0 Å². The minimum atomic E-state index is -0.338. The molecule has 9 heteroatoms. The number of imidazole rings is 1. The van der Waals surface area contributed by atoms with Crippen LogP contribution in [0.3, 0.4) is 0 Å². The molecule has 24 heavy (non-hydrogen) atoms. The monoisotopic (exact) mass is 328 g/mol. The molecule has 0 aliphatic carbocycles. The largest absolute Gasteiger partial charge is 0.329 e. The number of carbonyl (C=O) groups is 1. The third kappa shape index (κ3) is 3.50. The second-order valence-corrected chi connectivity index (χ2v) is 5.42. The molecule has 126 valence electrons. The third-order valence-corrected chi connectivity index (χ3v) is 3.56. The first-order valence-corrected chi connectivity index (χ1v) is 7.97. The molecule has 2 amide bonds. The molecule has 0 aromatic carbocycles. The lowest BCUT2D eigenvalue weighted by Gasteiger charge is -2.14. The van der Waals surface area contributed by atoms with E-state index in [4.69, 9.17) is 0 Å². The molecular weight excluding hydrogens is 308 g/mol. The topological polar surface area (TPSA) is 102 Å². The molecule has 9 nitrogen and oxygen atoms in total. The first-order chi connectivity index (χ1) is 11.7. The van der Waals surface area contributed by atoms with Crippen molar-refractivity contribution in [2.45, 2.75) is 39.3 Å². The number of carbonyl (C=O) groups excluding carboxylic acids is 1. The molecule has 3 aromatic rings. The molecule has 1 atom stereocenters. The Kier molecular flexibility index (Phi) is 4.69. The van der Waals surface area contributed by atoms with E-state index in [0.717, 1.165) is 18.7 Å². The summed E-state index contributed by atoms with van der Waals surface area (Å²) in [4.78, 5) is 20.8. The lowest BCUT2D eigenvalue weighted by molar-refractivity contribution is 0.248. The van der Waals surface area contributed by atoms with Crippen LogP contribution in [0.5, 0.6) is 0 Å². The normalized spacial score (nSPS) is 12.2. The molecule has 0 saturated heterocycles. The Morgan fingerprint density at radius 3 is 2.96 bits per heavy atom. The van der Waals surface area contributed by atoms with Gasteiger partial charge in [-0.2, -0.15) is 0 Å². The van der Waals surface area contributed by atoms with Gasteiger partial charge in [-0.25, -0.2) is 14.8 Å². The zero-order valence-electron chi connectivity index (χ0n) is 13.7. The first kappa shape index (κ1) is 15.9. The van der Waals surface area contributed by atoms with Crippen LogP contribution in [-0.4, -0.2) is 35.4 Å². The highest BCUT2D eigenvalue weighted by atomic mass is 16.2. The van der Waals surface area contributed by atoms with E-state index in [-0.39, 0.29) is 12.1 Å². The number of aromatic nitrogens is 6. The summed E-state index contributed by atoms with van der Waals surface area (Å²) in [5.74, 6) is 1.03. The number of hydrogen-bond donors (Lipinski definition) is 2. The molecule has 0 aliphatic rings. The number of amides is 2. The maximum Gasteiger partial charge on any atom is 0.321 e. The number of rotatable bonds is 6. The molecule has 3 heterocycles. The van der Waals surface area contributed by atoms with Crippen LogP contribution in [0.15, 0.2) is 30.9 Å². The summed E-state index contributed by atoms with van der Waals surface area (Å²) in [5.41, 5.74) is 0.765. The van der Waals surface area contributed by atoms with Crippen LogP contribution in [0.25, 0.3) is 5.78 Å². The molecule has 0 spiro atoms. The van der Waals surface area contributed by atoms with E-state index in [1.54, 1.807) is 17.1 Å². The molecule has 3 rings (SSSR count). The van der Waals surface area contributed by atoms with Crippen LogP contribution in [0.2, 0.25) is 0 Å². The number of anilines is 1. The van der Waals surface area contributed by atoms with Gasteiger partial charge in [0.2, 0.25) is 5.78 Å². The van der Waals surface area contributed by atoms with Crippen LogP contribution < -0.4 is 10.6 Å². The van der Waals surface area contributed by atoms with Crippen molar-refractivity contribution in [2.24, 2.45) is 0 Å². The second kappa shape index (κ2) is 7.07. The van der Waals surface area contributed by atoms with Crippen molar-refractivity contribution in [3.05, 3.63) is 36.5 Å². The predicted octanol–water partition coefficient (Wildman–Crippen LogP) is 2.00. The fourth-order valence-corrected chi connectivity index (χ4v) is 2.41. The number of fused-ring (bicyclic) bond motifs is 1. The van der Waals surface area contributed by atoms with Crippen molar-refractivity contribution >= 4 is 17.6 Å². The Morgan fingerprint density at radius 2 is 2.21 bits per heavy atom. The van der Waals surface area contributed by atoms with E-state index in [2.05, 4.69) is 37.8 Å². The third-order valence-electron chi connectivity index (χ3n) is 3.56. The van der Waals surface area contributed by atoms with Gasteiger partial charge >= 0.3 is 6.03 Å². The summed E-state index contributed by atoms with van der Waals surface area (Å²) >= 11 is 0. The van der Waals surface area contributed by atoms with Gasteiger partial charge < -0.3 is 5.32 Å². The quantitative estimate of drug-likeness (QED) is 0.720. The Balaban J connectivity index is 1.66. The zero-order valence-corrected chi connectivity index (χ0v) is 13.7. The van der Waals surface area contributed by atoms with Crippen molar-refractivity contribution in [1.29, 1.82) is 0 Å². The summed E-state index contributed by atoms with van der Waals surface area (Å²) in [6, 6.07) is 1.28. The summed E-state index contributed by atoms with van der Waals surface area (Å²) in [7, 11) is 0. The van der Waals surface area contributed by atoms with Crippen LogP contribution in [-0.2, 0) is 6.54 Å². The lowest BCUT2D eigenvalue weighted by Crippen LogP contribution is -2.32. The van der Waals surface area contributed by atoms with Crippen molar-refractivity contribution in [1.82, 2.24) is 34.7 Å². The highest BCUT2D eigenvalue weighted by Crippen LogP contribution is 2.16. The zero-order chi connectivity index (χ0) is 16.9. The predicted molar refractivity (Wildman–Crippen MR) is 88.5 cm³/mol.